The number of amides is 1. The van der Waals surface area contributed by atoms with Gasteiger partial charge in [0.1, 0.15) is 0 Å². The van der Waals surface area contributed by atoms with Crippen molar-refractivity contribution in [3.8, 4) is 0 Å². The number of methoxy groups -OCH3 is 1. The molecule has 19 heavy (non-hydrogen) atoms. The van der Waals surface area contributed by atoms with Crippen LogP contribution in [0.25, 0.3) is 0 Å². The fourth-order valence-electron chi connectivity index (χ4n) is 2.86. The van der Waals surface area contributed by atoms with E-state index in [0.717, 1.165) is 17.0 Å². The quantitative estimate of drug-likeness (QED) is 0.850. The maximum absolute atomic E-state index is 12.1. The van der Waals surface area contributed by atoms with Crippen LogP contribution >= 0.6 is 0 Å². The number of carbonyl (C=O) groups is 1. The molecule has 1 aliphatic heterocycles. The van der Waals surface area contributed by atoms with Crippen LogP contribution in [0, 0.1) is 13.8 Å². The summed E-state index contributed by atoms with van der Waals surface area (Å²) in [5.41, 5.74) is 9.26. The van der Waals surface area contributed by atoms with E-state index >= 15 is 0 Å². The molecule has 2 atom stereocenters. The molecule has 106 valence electrons. The molecule has 2 heterocycles. The number of nitrogens with zero attached hydrogens (tertiary/aromatic N) is 3. The average Bonchev–Trinajstić information content (AvgIpc) is 2.74. The Hall–Kier alpha value is -1.40. The van der Waals surface area contributed by atoms with Crippen LogP contribution in [-0.4, -0.2) is 46.9 Å². The number of hydrogen-bond acceptors (Lipinski definition) is 4. The fraction of sp³-hybridized carbons (Fsp3) is 0.692. The lowest BCUT2D eigenvalue weighted by Gasteiger charge is -2.27. The van der Waals surface area contributed by atoms with Gasteiger partial charge in [-0.15, -0.1) is 0 Å². The van der Waals surface area contributed by atoms with Crippen molar-refractivity contribution >= 4 is 5.91 Å². The first-order valence-electron chi connectivity index (χ1n) is 6.51. The van der Waals surface area contributed by atoms with Crippen LogP contribution in [0.15, 0.2) is 0 Å². The molecule has 0 bridgehead atoms. The highest BCUT2D eigenvalue weighted by molar-refractivity contribution is 5.80. The molecule has 2 N–H and O–H groups in total. The third-order valence-corrected chi connectivity index (χ3v) is 3.87. The molecule has 6 nitrogen and oxygen atoms in total. The van der Waals surface area contributed by atoms with E-state index in [2.05, 4.69) is 5.10 Å². The zero-order valence-corrected chi connectivity index (χ0v) is 12.0. The van der Waals surface area contributed by atoms with Gasteiger partial charge in [0, 0.05) is 44.4 Å². The molecule has 0 saturated carbocycles. The molecule has 0 aliphatic carbocycles. The average molecular weight is 266 g/mol. The Kier molecular flexibility index (Phi) is 3.91. The van der Waals surface area contributed by atoms with Crippen LogP contribution < -0.4 is 5.73 Å². The maximum atomic E-state index is 12.1. The van der Waals surface area contributed by atoms with Crippen LogP contribution in [0.4, 0.5) is 0 Å². The standard InChI is InChI=1S/C13H22N4O2/c1-8-12(9(2)16(3)15-8)13-10(14)7-11(18)17(13)5-6-19-4/h10,13H,5-7,14H2,1-4H3. The zero-order chi connectivity index (χ0) is 14.2. The van der Waals surface area contributed by atoms with Crippen LogP contribution in [0.1, 0.15) is 29.4 Å². The molecular formula is C13H22N4O2. The van der Waals surface area contributed by atoms with Crippen molar-refractivity contribution in [2.45, 2.75) is 32.4 Å². The summed E-state index contributed by atoms with van der Waals surface area (Å²) in [6, 6.07) is -0.262. The SMILES string of the molecule is COCCN1C(=O)CC(N)C1c1c(C)nn(C)c1C. The summed E-state index contributed by atoms with van der Waals surface area (Å²) < 4.78 is 6.92. The fourth-order valence-corrected chi connectivity index (χ4v) is 2.86. The van der Waals surface area contributed by atoms with Crippen molar-refractivity contribution in [3.05, 3.63) is 17.0 Å². The van der Waals surface area contributed by atoms with Gasteiger partial charge in [-0.2, -0.15) is 5.10 Å². The molecule has 1 aromatic heterocycles. The second-order valence-corrected chi connectivity index (χ2v) is 5.10. The number of hydrogen-bond donors (Lipinski definition) is 1. The largest absolute Gasteiger partial charge is 0.383 e. The van der Waals surface area contributed by atoms with Crippen molar-refractivity contribution in [1.29, 1.82) is 0 Å². The van der Waals surface area contributed by atoms with E-state index in [4.69, 9.17) is 10.5 Å². The van der Waals surface area contributed by atoms with Gasteiger partial charge >= 0.3 is 0 Å². The van der Waals surface area contributed by atoms with Gasteiger partial charge in [0.05, 0.1) is 18.3 Å². The molecule has 1 fully saturated rings. The number of aromatic nitrogens is 2. The van der Waals surface area contributed by atoms with Gasteiger partial charge < -0.3 is 15.4 Å². The van der Waals surface area contributed by atoms with Crippen LogP contribution in [0.5, 0.6) is 0 Å². The van der Waals surface area contributed by atoms with E-state index in [1.165, 1.54) is 0 Å². The smallest absolute Gasteiger partial charge is 0.224 e. The molecule has 0 spiro atoms. The molecule has 0 radical (unpaired) electrons. The summed E-state index contributed by atoms with van der Waals surface area (Å²) in [5.74, 6) is 0.0946. The minimum Gasteiger partial charge on any atom is -0.383 e. The van der Waals surface area contributed by atoms with Gasteiger partial charge in [-0.1, -0.05) is 0 Å². The molecule has 2 rings (SSSR count). The third-order valence-electron chi connectivity index (χ3n) is 3.87. The summed E-state index contributed by atoms with van der Waals surface area (Å²) in [6.45, 7) is 5.07. The summed E-state index contributed by atoms with van der Waals surface area (Å²) in [6.07, 6.45) is 0.391. The summed E-state index contributed by atoms with van der Waals surface area (Å²) in [4.78, 5) is 13.9. The van der Waals surface area contributed by atoms with Crippen molar-refractivity contribution in [1.82, 2.24) is 14.7 Å². The number of ether oxygens (including phenoxy) is 1. The Balaban J connectivity index is 2.36. The Morgan fingerprint density at radius 3 is 2.68 bits per heavy atom. The monoisotopic (exact) mass is 266 g/mol. The minimum atomic E-state index is -0.175. The van der Waals surface area contributed by atoms with E-state index in [1.807, 2.05) is 30.5 Å². The van der Waals surface area contributed by atoms with Crippen LogP contribution in [0.2, 0.25) is 0 Å². The first-order valence-corrected chi connectivity index (χ1v) is 6.51. The number of rotatable bonds is 4. The van der Waals surface area contributed by atoms with E-state index in [-0.39, 0.29) is 18.0 Å². The molecule has 1 aromatic rings. The predicted octanol–water partition coefficient (Wildman–Crippen LogP) is 0.284. The van der Waals surface area contributed by atoms with Gasteiger partial charge in [0.25, 0.3) is 0 Å². The van der Waals surface area contributed by atoms with E-state index in [1.54, 1.807) is 7.11 Å². The lowest BCUT2D eigenvalue weighted by Crippen LogP contribution is -2.35. The Labute approximate surface area is 113 Å². The second-order valence-electron chi connectivity index (χ2n) is 5.10. The number of aryl methyl sites for hydroxylation is 2. The lowest BCUT2D eigenvalue weighted by atomic mass is 9.99. The molecule has 2 unspecified atom stereocenters. The lowest BCUT2D eigenvalue weighted by molar-refractivity contribution is -0.129. The molecule has 1 aliphatic rings. The van der Waals surface area contributed by atoms with Gasteiger partial charge in [0.2, 0.25) is 5.91 Å². The van der Waals surface area contributed by atoms with Crippen molar-refractivity contribution < 1.29 is 9.53 Å². The van der Waals surface area contributed by atoms with E-state index < -0.39 is 0 Å². The van der Waals surface area contributed by atoms with Gasteiger partial charge in [-0.05, 0) is 13.8 Å². The zero-order valence-electron chi connectivity index (χ0n) is 12.0. The highest BCUT2D eigenvalue weighted by Gasteiger charge is 2.40. The first-order chi connectivity index (χ1) is 8.97. The second kappa shape index (κ2) is 5.30. The number of carbonyl (C=O) groups excluding carboxylic acids is 1. The topological polar surface area (TPSA) is 73.4 Å². The van der Waals surface area contributed by atoms with Crippen molar-refractivity contribution in [3.63, 3.8) is 0 Å². The predicted molar refractivity (Wildman–Crippen MR) is 71.6 cm³/mol. The molecular weight excluding hydrogens is 244 g/mol. The third kappa shape index (κ3) is 2.37. The highest BCUT2D eigenvalue weighted by Crippen LogP contribution is 2.35. The first kappa shape index (κ1) is 14.0. The maximum Gasteiger partial charge on any atom is 0.224 e. The Morgan fingerprint density at radius 1 is 1.47 bits per heavy atom. The summed E-state index contributed by atoms with van der Waals surface area (Å²) in [7, 11) is 3.55. The van der Waals surface area contributed by atoms with Crippen molar-refractivity contribution in [2.75, 3.05) is 20.3 Å². The van der Waals surface area contributed by atoms with Crippen molar-refractivity contribution in [2.24, 2.45) is 12.8 Å². The normalized spacial score (nSPS) is 23.4. The summed E-state index contributed by atoms with van der Waals surface area (Å²) in [5, 5.41) is 4.42. The molecule has 1 saturated heterocycles. The Bertz CT molecular complexity index is 483. The summed E-state index contributed by atoms with van der Waals surface area (Å²) >= 11 is 0. The van der Waals surface area contributed by atoms with Gasteiger partial charge in [-0.25, -0.2) is 0 Å². The van der Waals surface area contributed by atoms with Crippen LogP contribution in [-0.2, 0) is 16.6 Å². The van der Waals surface area contributed by atoms with E-state index in [9.17, 15) is 4.79 Å². The number of likely N-dealkylation sites (tertiary alicyclic amines) is 1. The number of nitrogens with two attached hydrogens (primary N) is 1. The van der Waals surface area contributed by atoms with Gasteiger partial charge in [0.15, 0.2) is 0 Å². The van der Waals surface area contributed by atoms with Gasteiger partial charge in [-0.3, -0.25) is 9.48 Å². The molecule has 1 amide bonds. The van der Waals surface area contributed by atoms with Crippen LogP contribution in [0.3, 0.4) is 0 Å². The molecule has 0 aromatic carbocycles. The molecule has 6 heteroatoms. The van der Waals surface area contributed by atoms with E-state index in [0.29, 0.717) is 19.6 Å². The Morgan fingerprint density at radius 2 is 2.16 bits per heavy atom. The highest BCUT2D eigenvalue weighted by atomic mass is 16.5. The minimum absolute atomic E-state index is 0.0867.